The average Bonchev–Trinajstić information content (AvgIpc) is 3.17. The molecule has 1 atom stereocenters. The molecule has 0 radical (unpaired) electrons. The fourth-order valence-electron chi connectivity index (χ4n) is 3.06. The summed E-state index contributed by atoms with van der Waals surface area (Å²) >= 11 is 7.22. The predicted molar refractivity (Wildman–Crippen MR) is 110 cm³/mol. The number of likely N-dealkylation sites (N-methyl/N-ethyl adjacent to an activating group) is 1. The summed E-state index contributed by atoms with van der Waals surface area (Å²) in [5.74, 6) is -0.222. The maximum atomic E-state index is 13.0. The molecular weight excluding hydrogens is 367 g/mol. The molecule has 0 spiro atoms. The van der Waals surface area contributed by atoms with Crippen LogP contribution in [0.15, 0.2) is 41.8 Å². The van der Waals surface area contributed by atoms with Crippen LogP contribution in [-0.2, 0) is 6.54 Å². The first-order valence-corrected chi connectivity index (χ1v) is 10.1. The summed E-state index contributed by atoms with van der Waals surface area (Å²) < 4.78 is 13.0. The Kier molecular flexibility index (Phi) is 6.96. The summed E-state index contributed by atoms with van der Waals surface area (Å²) in [5, 5.41) is 9.32. The van der Waals surface area contributed by atoms with E-state index in [0.717, 1.165) is 38.3 Å². The molecule has 0 saturated carbocycles. The number of halogens is 1. The lowest BCUT2D eigenvalue weighted by Gasteiger charge is -2.37. The number of nitrogens with one attached hydrogen (secondary N) is 2. The summed E-state index contributed by atoms with van der Waals surface area (Å²) in [6.45, 7) is 5.68. The Labute approximate surface area is 164 Å². The quantitative estimate of drug-likeness (QED) is 0.739. The molecule has 1 aromatic heterocycles. The number of benzene rings is 1. The van der Waals surface area contributed by atoms with E-state index >= 15 is 0 Å². The van der Waals surface area contributed by atoms with E-state index in [-0.39, 0.29) is 5.82 Å². The fourth-order valence-corrected chi connectivity index (χ4v) is 4.08. The van der Waals surface area contributed by atoms with E-state index in [1.807, 2.05) is 0 Å². The minimum absolute atomic E-state index is 0.222. The lowest BCUT2D eigenvalue weighted by atomic mass is 10.1. The second-order valence-electron chi connectivity index (χ2n) is 6.56. The third-order valence-corrected chi connectivity index (χ3v) is 5.93. The summed E-state index contributed by atoms with van der Waals surface area (Å²) in [7, 11) is 2.17. The first-order valence-electron chi connectivity index (χ1n) is 8.84. The van der Waals surface area contributed by atoms with Gasteiger partial charge in [0, 0.05) is 44.1 Å². The zero-order chi connectivity index (χ0) is 18.4. The molecule has 7 heteroatoms. The predicted octanol–water partition coefficient (Wildman–Crippen LogP) is 2.84. The van der Waals surface area contributed by atoms with Crippen molar-refractivity contribution in [1.29, 1.82) is 0 Å². The van der Waals surface area contributed by atoms with Gasteiger partial charge in [-0.2, -0.15) is 0 Å². The third-order valence-electron chi connectivity index (χ3n) is 4.67. The van der Waals surface area contributed by atoms with Crippen molar-refractivity contribution in [2.75, 3.05) is 39.8 Å². The lowest BCUT2D eigenvalue weighted by molar-refractivity contribution is 0.114. The number of thiocarbonyl (C=S) groups is 1. The summed E-state index contributed by atoms with van der Waals surface area (Å²) in [6, 6.07) is 11.1. The maximum absolute atomic E-state index is 13.0. The van der Waals surface area contributed by atoms with Crippen LogP contribution in [0.5, 0.6) is 0 Å². The Morgan fingerprint density at radius 2 is 1.88 bits per heavy atom. The molecular formula is C19H25FN4S2. The van der Waals surface area contributed by atoms with Crippen molar-refractivity contribution in [3.05, 3.63) is 58.0 Å². The molecule has 1 fully saturated rings. The molecule has 1 aliphatic rings. The second-order valence-corrected chi connectivity index (χ2v) is 7.95. The molecule has 1 aliphatic heterocycles. The van der Waals surface area contributed by atoms with Crippen LogP contribution >= 0.6 is 23.6 Å². The van der Waals surface area contributed by atoms with Crippen LogP contribution < -0.4 is 10.6 Å². The molecule has 1 unspecified atom stereocenters. The van der Waals surface area contributed by atoms with Crippen LogP contribution in [0, 0.1) is 5.82 Å². The van der Waals surface area contributed by atoms with Crippen LogP contribution in [0.2, 0.25) is 0 Å². The minimum atomic E-state index is -0.222. The Morgan fingerprint density at radius 1 is 1.15 bits per heavy atom. The summed E-state index contributed by atoms with van der Waals surface area (Å²) in [5.41, 5.74) is 1.00. The largest absolute Gasteiger partial charge is 0.361 e. The highest BCUT2D eigenvalue weighted by atomic mass is 32.1. The zero-order valence-electron chi connectivity index (χ0n) is 15.0. The summed E-state index contributed by atoms with van der Waals surface area (Å²) in [4.78, 5) is 6.26. The SMILES string of the molecule is CN1CCN(C(CNC(=S)NCc2ccc(F)cc2)c2cccs2)CC1. The summed E-state index contributed by atoms with van der Waals surface area (Å²) in [6.07, 6.45) is 0. The molecule has 0 aliphatic carbocycles. The van der Waals surface area contributed by atoms with Gasteiger partial charge in [0.1, 0.15) is 5.82 Å². The molecule has 2 aromatic rings. The van der Waals surface area contributed by atoms with Gasteiger partial charge in [0.25, 0.3) is 0 Å². The van der Waals surface area contributed by atoms with E-state index in [4.69, 9.17) is 12.2 Å². The molecule has 26 heavy (non-hydrogen) atoms. The lowest BCUT2D eigenvalue weighted by Crippen LogP contribution is -2.49. The van der Waals surface area contributed by atoms with Crippen molar-refractivity contribution in [3.63, 3.8) is 0 Å². The standard InChI is InChI=1S/C19H25FN4S2/c1-23-8-10-24(11-9-23)17(18-3-2-12-26-18)14-22-19(25)21-13-15-4-6-16(20)7-5-15/h2-7,12,17H,8-11,13-14H2,1H3,(H2,21,22,25). The van der Waals surface area contributed by atoms with Gasteiger partial charge in [0.05, 0.1) is 6.04 Å². The van der Waals surface area contributed by atoms with E-state index in [9.17, 15) is 4.39 Å². The second kappa shape index (κ2) is 9.41. The molecule has 0 amide bonds. The molecule has 2 heterocycles. The van der Waals surface area contributed by atoms with Crippen molar-refractivity contribution in [2.24, 2.45) is 0 Å². The molecule has 3 rings (SSSR count). The third kappa shape index (κ3) is 5.48. The molecule has 2 N–H and O–H groups in total. The molecule has 0 bridgehead atoms. The van der Waals surface area contributed by atoms with Crippen molar-refractivity contribution >= 4 is 28.7 Å². The van der Waals surface area contributed by atoms with Gasteiger partial charge in [-0.25, -0.2) is 4.39 Å². The van der Waals surface area contributed by atoms with Crippen LogP contribution in [-0.4, -0.2) is 54.7 Å². The highest BCUT2D eigenvalue weighted by Gasteiger charge is 2.24. The van der Waals surface area contributed by atoms with E-state index in [1.54, 1.807) is 23.5 Å². The normalized spacial score (nSPS) is 17.0. The zero-order valence-corrected chi connectivity index (χ0v) is 16.6. The smallest absolute Gasteiger partial charge is 0.166 e. The topological polar surface area (TPSA) is 30.5 Å². The highest BCUT2D eigenvalue weighted by molar-refractivity contribution is 7.80. The number of piperazine rings is 1. The maximum Gasteiger partial charge on any atom is 0.166 e. The van der Waals surface area contributed by atoms with Gasteiger partial charge in [-0.1, -0.05) is 18.2 Å². The van der Waals surface area contributed by atoms with Crippen LogP contribution in [0.3, 0.4) is 0 Å². The number of nitrogens with zero attached hydrogens (tertiary/aromatic N) is 2. The van der Waals surface area contributed by atoms with Crippen molar-refractivity contribution in [2.45, 2.75) is 12.6 Å². The Bertz CT molecular complexity index is 682. The van der Waals surface area contributed by atoms with Crippen LogP contribution in [0.4, 0.5) is 4.39 Å². The monoisotopic (exact) mass is 392 g/mol. The molecule has 1 aromatic carbocycles. The molecule has 140 valence electrons. The molecule has 1 saturated heterocycles. The highest BCUT2D eigenvalue weighted by Crippen LogP contribution is 2.25. The van der Waals surface area contributed by atoms with Gasteiger partial charge in [-0.05, 0) is 48.4 Å². The first-order chi connectivity index (χ1) is 12.6. The Hall–Kier alpha value is -1.54. The van der Waals surface area contributed by atoms with E-state index < -0.39 is 0 Å². The first kappa shape index (κ1) is 19.2. The average molecular weight is 393 g/mol. The van der Waals surface area contributed by atoms with Crippen LogP contribution in [0.1, 0.15) is 16.5 Å². The minimum Gasteiger partial charge on any atom is -0.361 e. The number of hydrogen-bond acceptors (Lipinski definition) is 4. The van der Waals surface area contributed by atoms with Gasteiger partial charge in [-0.3, -0.25) is 4.90 Å². The van der Waals surface area contributed by atoms with E-state index in [0.29, 0.717) is 17.7 Å². The molecule has 4 nitrogen and oxygen atoms in total. The number of hydrogen-bond donors (Lipinski definition) is 2. The Balaban J connectivity index is 1.52. The van der Waals surface area contributed by atoms with Crippen LogP contribution in [0.25, 0.3) is 0 Å². The van der Waals surface area contributed by atoms with Gasteiger partial charge in [0.2, 0.25) is 0 Å². The Morgan fingerprint density at radius 3 is 2.54 bits per heavy atom. The van der Waals surface area contributed by atoms with Crippen molar-refractivity contribution in [3.8, 4) is 0 Å². The van der Waals surface area contributed by atoms with Gasteiger partial charge in [-0.15, -0.1) is 11.3 Å². The van der Waals surface area contributed by atoms with Gasteiger partial charge < -0.3 is 15.5 Å². The number of rotatable bonds is 6. The van der Waals surface area contributed by atoms with E-state index in [1.165, 1.54) is 17.0 Å². The fraction of sp³-hybridized carbons (Fsp3) is 0.421. The van der Waals surface area contributed by atoms with Crippen molar-refractivity contribution < 1.29 is 4.39 Å². The van der Waals surface area contributed by atoms with Gasteiger partial charge in [0.15, 0.2) is 5.11 Å². The van der Waals surface area contributed by atoms with E-state index in [2.05, 4.69) is 45.0 Å². The van der Waals surface area contributed by atoms with Gasteiger partial charge >= 0.3 is 0 Å². The van der Waals surface area contributed by atoms with Crippen molar-refractivity contribution in [1.82, 2.24) is 20.4 Å². The number of thiophene rings is 1.